The summed E-state index contributed by atoms with van der Waals surface area (Å²) >= 11 is 0. The Bertz CT molecular complexity index is 1720. The zero-order valence-electron chi connectivity index (χ0n) is 27.3. The van der Waals surface area contributed by atoms with Crippen molar-refractivity contribution in [2.45, 2.75) is 54.0 Å². The summed E-state index contributed by atoms with van der Waals surface area (Å²) in [5, 5.41) is 26.4. The smallest absolute Gasteiger partial charge is 0.311 e. The lowest BCUT2D eigenvalue weighted by Gasteiger charge is -2.15. The zero-order chi connectivity index (χ0) is 35.2. The molecule has 17 nitrogen and oxygen atoms in total. The van der Waals surface area contributed by atoms with E-state index in [1.165, 1.54) is 18.2 Å². The van der Waals surface area contributed by atoms with E-state index in [1.54, 1.807) is 41.5 Å². The van der Waals surface area contributed by atoms with Crippen LogP contribution in [0.3, 0.4) is 0 Å². The summed E-state index contributed by atoms with van der Waals surface area (Å²) in [6, 6.07) is 12.9. The van der Waals surface area contributed by atoms with Gasteiger partial charge in [-0.05, 0) is 82.2 Å². The Hall–Kier alpha value is -5.71. The molecule has 1 atom stereocenters. The molecular weight excluding hydrogens is 624 g/mol. The van der Waals surface area contributed by atoms with Crippen LogP contribution >= 0.6 is 0 Å². The van der Waals surface area contributed by atoms with Gasteiger partial charge < -0.3 is 20.5 Å². The van der Waals surface area contributed by atoms with Crippen molar-refractivity contribution >= 4 is 35.3 Å². The number of nitrogens with zero attached hydrogens (tertiary/aromatic N) is 8. The van der Waals surface area contributed by atoms with Crippen LogP contribution in [0.25, 0.3) is 22.8 Å². The lowest BCUT2D eigenvalue weighted by molar-refractivity contribution is -0.152. The predicted octanol–water partition coefficient (Wildman–Crippen LogP) is 1.96. The Balaban J connectivity index is 1.60. The number of amides is 1. The number of ether oxygens (including phenoxy) is 2. The average Bonchev–Trinajstić information content (AvgIpc) is 3.73. The molecule has 0 saturated heterocycles. The minimum absolute atomic E-state index is 0.0333. The van der Waals surface area contributed by atoms with Crippen LogP contribution in [0.1, 0.15) is 56.7 Å². The number of hydrogen-bond acceptors (Lipinski definition) is 14. The van der Waals surface area contributed by atoms with Crippen LogP contribution in [0.15, 0.2) is 48.5 Å². The number of anilines is 1. The molecule has 0 radical (unpaired) electrons. The zero-order valence-corrected chi connectivity index (χ0v) is 27.3. The molecule has 17 heteroatoms. The van der Waals surface area contributed by atoms with E-state index in [0.717, 1.165) is 5.56 Å². The number of aromatic nitrogens is 8. The number of nitrogens with two attached hydrogens (primary N) is 1. The number of tetrazole rings is 2. The molecule has 0 unspecified atom stereocenters. The summed E-state index contributed by atoms with van der Waals surface area (Å²) in [5.74, 6) is -3.23. The van der Waals surface area contributed by atoms with E-state index in [2.05, 4.69) is 36.1 Å². The number of carbonyl (C=O) groups excluding carboxylic acids is 5. The summed E-state index contributed by atoms with van der Waals surface area (Å²) < 4.78 is 10.1. The summed E-state index contributed by atoms with van der Waals surface area (Å²) in [4.78, 5) is 63.8. The van der Waals surface area contributed by atoms with Gasteiger partial charge in [0.1, 0.15) is 0 Å². The lowest BCUT2D eigenvalue weighted by Crippen LogP contribution is -2.37. The molecule has 0 aliphatic rings. The van der Waals surface area contributed by atoms with Crippen molar-refractivity contribution in [2.75, 3.05) is 18.5 Å². The monoisotopic (exact) mass is 660 g/mol. The third-order valence-electron chi connectivity index (χ3n) is 6.50. The van der Waals surface area contributed by atoms with Crippen molar-refractivity contribution < 1.29 is 33.4 Å². The molecule has 0 saturated carbocycles. The lowest BCUT2D eigenvalue weighted by atomic mass is 9.97. The summed E-state index contributed by atoms with van der Waals surface area (Å²) in [6.45, 7) is 8.66. The first-order valence-corrected chi connectivity index (χ1v) is 14.8. The summed E-state index contributed by atoms with van der Waals surface area (Å²) in [5.41, 5.74) is 6.20. The maximum atomic E-state index is 13.1. The highest BCUT2D eigenvalue weighted by molar-refractivity contribution is 5.96. The summed E-state index contributed by atoms with van der Waals surface area (Å²) in [6.07, 6.45) is 0.273. The molecule has 4 rings (SSSR count). The second-order valence-corrected chi connectivity index (χ2v) is 12.8. The first kappa shape index (κ1) is 35.1. The topological polar surface area (TPSA) is 229 Å². The maximum Gasteiger partial charge on any atom is 0.311 e. The van der Waals surface area contributed by atoms with Crippen LogP contribution < -0.4 is 11.1 Å². The molecule has 252 valence electrons. The van der Waals surface area contributed by atoms with Gasteiger partial charge in [-0.15, -0.1) is 20.4 Å². The van der Waals surface area contributed by atoms with Crippen LogP contribution in [0.5, 0.6) is 0 Å². The summed E-state index contributed by atoms with van der Waals surface area (Å²) in [7, 11) is 0. The highest BCUT2D eigenvalue weighted by Crippen LogP contribution is 2.27. The molecule has 2 aromatic carbocycles. The highest BCUT2D eigenvalue weighted by atomic mass is 16.5. The molecule has 0 bridgehead atoms. The second kappa shape index (κ2) is 14.4. The predicted molar refractivity (Wildman–Crippen MR) is 169 cm³/mol. The fraction of sp³-hybridized carbons (Fsp3) is 0.387. The highest BCUT2D eigenvalue weighted by Gasteiger charge is 2.26. The Morgan fingerprint density at radius 2 is 1.21 bits per heavy atom. The van der Waals surface area contributed by atoms with Gasteiger partial charge in [0.05, 0.1) is 16.9 Å². The molecule has 0 spiro atoms. The van der Waals surface area contributed by atoms with Gasteiger partial charge in [-0.3, -0.25) is 24.0 Å². The van der Waals surface area contributed by atoms with E-state index in [0.29, 0.717) is 9.59 Å². The molecule has 0 aliphatic carbocycles. The third-order valence-corrected chi connectivity index (χ3v) is 6.50. The quantitative estimate of drug-likeness (QED) is 0.232. The average molecular weight is 661 g/mol. The molecule has 4 aromatic rings. The maximum absolute atomic E-state index is 13.1. The van der Waals surface area contributed by atoms with Crippen LogP contribution in [-0.4, -0.2) is 89.3 Å². The van der Waals surface area contributed by atoms with Crippen LogP contribution in [0.4, 0.5) is 5.69 Å². The van der Waals surface area contributed by atoms with Gasteiger partial charge in [-0.1, -0.05) is 39.9 Å². The van der Waals surface area contributed by atoms with Crippen molar-refractivity contribution in [2.24, 2.45) is 16.6 Å². The number of nitrogens with one attached hydrogen (secondary N) is 1. The Morgan fingerprint density at radius 3 is 1.65 bits per heavy atom. The molecule has 3 N–H and O–H groups in total. The largest absolute Gasteiger partial charge is 0.455 e. The van der Waals surface area contributed by atoms with Crippen LogP contribution in [0, 0.1) is 10.8 Å². The number of hydrogen-bond donors (Lipinski definition) is 2. The van der Waals surface area contributed by atoms with Gasteiger partial charge in [0.25, 0.3) is 0 Å². The standard InChI is InChI=1S/C31H36N10O7/c1-30(2,3)28(45)47-16-23(42)40-36-25(34-38-40)19-13-20(26-35-39-41(37-26)24(43)17-48-29(46)31(4,5)6)15-21(14-19)33-27(44)22(32)12-18-10-8-7-9-11-18/h7-11,13-15,22H,12,16-17,32H2,1-6H3,(H,33,44)/t22-/m0/s1. The Labute approximate surface area is 275 Å². The van der Waals surface area contributed by atoms with Crippen LogP contribution in [0.2, 0.25) is 0 Å². The third kappa shape index (κ3) is 9.18. The van der Waals surface area contributed by atoms with Gasteiger partial charge in [0.2, 0.25) is 17.6 Å². The number of benzene rings is 2. The van der Waals surface area contributed by atoms with E-state index >= 15 is 0 Å². The van der Waals surface area contributed by atoms with Gasteiger partial charge in [0.15, 0.2) is 13.2 Å². The van der Waals surface area contributed by atoms with Crippen molar-refractivity contribution in [1.82, 2.24) is 40.4 Å². The van der Waals surface area contributed by atoms with Gasteiger partial charge in [-0.25, -0.2) is 0 Å². The molecule has 48 heavy (non-hydrogen) atoms. The van der Waals surface area contributed by atoms with Crippen molar-refractivity contribution in [3.63, 3.8) is 0 Å². The minimum Gasteiger partial charge on any atom is -0.455 e. The first-order valence-electron chi connectivity index (χ1n) is 14.8. The van der Waals surface area contributed by atoms with E-state index in [4.69, 9.17) is 15.2 Å². The number of carbonyl (C=O) groups is 5. The first-order chi connectivity index (χ1) is 22.5. The Morgan fingerprint density at radius 1 is 0.750 bits per heavy atom. The fourth-order valence-corrected chi connectivity index (χ4v) is 3.83. The molecule has 0 aliphatic heterocycles. The van der Waals surface area contributed by atoms with Gasteiger partial charge in [0, 0.05) is 16.8 Å². The van der Waals surface area contributed by atoms with E-state index in [-0.39, 0.29) is 34.9 Å². The number of esters is 2. The normalized spacial score (nSPS) is 12.2. The SMILES string of the molecule is CC(C)(C)C(=O)OCC(=O)n1nnc(-c2cc(NC(=O)[C@@H](N)Cc3ccccc3)cc(-c3nnn(C(=O)COC(=O)C(C)(C)C)n3)c2)n1. The molecular formula is C31H36N10O7. The van der Waals surface area contributed by atoms with E-state index in [1.807, 2.05) is 30.3 Å². The van der Waals surface area contributed by atoms with Gasteiger partial charge >= 0.3 is 23.8 Å². The van der Waals surface area contributed by atoms with Gasteiger partial charge in [-0.2, -0.15) is 0 Å². The van der Waals surface area contributed by atoms with Crippen molar-refractivity contribution in [1.29, 1.82) is 0 Å². The van der Waals surface area contributed by atoms with Crippen molar-refractivity contribution in [3.05, 3.63) is 54.1 Å². The Kier molecular flexibility index (Phi) is 10.5. The minimum atomic E-state index is -0.903. The molecule has 2 aromatic heterocycles. The second-order valence-electron chi connectivity index (χ2n) is 12.8. The molecule has 0 fully saturated rings. The van der Waals surface area contributed by atoms with E-state index < -0.39 is 59.7 Å². The van der Waals surface area contributed by atoms with Crippen LogP contribution in [-0.2, 0) is 30.3 Å². The molecule has 1 amide bonds. The fourth-order valence-electron chi connectivity index (χ4n) is 3.83. The number of rotatable bonds is 10. The van der Waals surface area contributed by atoms with E-state index in [9.17, 15) is 24.0 Å². The van der Waals surface area contributed by atoms with Crippen molar-refractivity contribution in [3.8, 4) is 22.8 Å². The molecule has 2 heterocycles.